The normalized spacial score (nSPS) is 17.6. The summed E-state index contributed by atoms with van der Waals surface area (Å²) in [5.74, 6) is -1.23. The predicted molar refractivity (Wildman–Crippen MR) is 105 cm³/mol. The van der Waals surface area contributed by atoms with Gasteiger partial charge in [0.25, 0.3) is 5.91 Å². The largest absolute Gasteiger partial charge is 0.480 e. The van der Waals surface area contributed by atoms with Crippen molar-refractivity contribution in [3.05, 3.63) is 34.7 Å². The number of likely N-dealkylation sites (tertiary alicyclic amines) is 1. The first-order valence-electron chi connectivity index (χ1n) is 9.13. The van der Waals surface area contributed by atoms with Crippen LogP contribution in [0.25, 0.3) is 10.1 Å². The molecule has 1 fully saturated rings. The number of fused-ring (bicyclic) bond motifs is 1. The van der Waals surface area contributed by atoms with E-state index in [4.69, 9.17) is 5.11 Å². The van der Waals surface area contributed by atoms with Gasteiger partial charge in [-0.1, -0.05) is 12.1 Å². The Morgan fingerprint density at radius 1 is 1.26 bits per heavy atom. The monoisotopic (exact) mass is 388 g/mol. The highest BCUT2D eigenvalue weighted by atomic mass is 32.1. The Morgan fingerprint density at radius 3 is 2.74 bits per heavy atom. The third-order valence-electron chi connectivity index (χ3n) is 5.10. The van der Waals surface area contributed by atoms with Gasteiger partial charge in [-0.15, -0.1) is 11.3 Å². The van der Waals surface area contributed by atoms with E-state index in [1.165, 1.54) is 17.4 Å². The SMILES string of the molecule is CC(=O)N(CC(=O)O)C1CCCN(C(=O)c2csc3cc(C)ccc23)CC1. The second-order valence-corrected chi connectivity index (χ2v) is 7.98. The molecule has 0 radical (unpaired) electrons. The van der Waals surface area contributed by atoms with Crippen LogP contribution in [0.5, 0.6) is 0 Å². The van der Waals surface area contributed by atoms with E-state index in [-0.39, 0.29) is 24.4 Å². The van der Waals surface area contributed by atoms with Crippen molar-refractivity contribution in [3.8, 4) is 0 Å². The second kappa shape index (κ2) is 8.08. The molecule has 6 nitrogen and oxygen atoms in total. The van der Waals surface area contributed by atoms with E-state index in [0.29, 0.717) is 25.9 Å². The lowest BCUT2D eigenvalue weighted by molar-refractivity contribution is -0.145. The summed E-state index contributed by atoms with van der Waals surface area (Å²) in [6.07, 6.45) is 2.06. The number of rotatable bonds is 4. The first-order valence-corrected chi connectivity index (χ1v) is 10.0. The molecular formula is C20H24N2O4S. The Hall–Kier alpha value is -2.41. The molecule has 0 saturated carbocycles. The van der Waals surface area contributed by atoms with Gasteiger partial charge in [-0.3, -0.25) is 14.4 Å². The van der Waals surface area contributed by atoms with Crippen LogP contribution in [0, 0.1) is 6.92 Å². The summed E-state index contributed by atoms with van der Waals surface area (Å²) < 4.78 is 1.11. The van der Waals surface area contributed by atoms with Gasteiger partial charge in [0.2, 0.25) is 5.91 Å². The molecule has 1 aliphatic rings. The van der Waals surface area contributed by atoms with E-state index < -0.39 is 5.97 Å². The molecule has 1 saturated heterocycles. The summed E-state index contributed by atoms with van der Waals surface area (Å²) in [7, 11) is 0. The average Bonchev–Trinajstić information content (AvgIpc) is 2.87. The number of carbonyl (C=O) groups is 3. The molecule has 144 valence electrons. The Kier molecular flexibility index (Phi) is 5.79. The summed E-state index contributed by atoms with van der Waals surface area (Å²) in [5, 5.41) is 12.0. The molecule has 1 aromatic carbocycles. The van der Waals surface area contributed by atoms with E-state index in [1.54, 1.807) is 11.3 Å². The maximum atomic E-state index is 13.1. The molecule has 0 aliphatic carbocycles. The standard InChI is InChI=1S/C20H24N2O4S/c1-13-5-6-16-17(12-27-18(16)10-13)20(26)21-8-3-4-15(7-9-21)22(14(2)23)11-19(24)25/h5-6,10,12,15H,3-4,7-9,11H2,1-2H3,(H,24,25). The van der Waals surface area contributed by atoms with Gasteiger partial charge in [0.15, 0.2) is 0 Å². The van der Waals surface area contributed by atoms with Crippen molar-refractivity contribution in [2.24, 2.45) is 0 Å². The number of benzene rings is 1. The minimum Gasteiger partial charge on any atom is -0.480 e. The highest BCUT2D eigenvalue weighted by Crippen LogP contribution is 2.29. The number of hydrogen-bond acceptors (Lipinski definition) is 4. The van der Waals surface area contributed by atoms with Gasteiger partial charge < -0.3 is 14.9 Å². The number of carbonyl (C=O) groups excluding carboxylic acids is 2. The number of nitrogens with zero attached hydrogens (tertiary/aromatic N) is 2. The third-order valence-corrected chi connectivity index (χ3v) is 6.04. The van der Waals surface area contributed by atoms with Gasteiger partial charge >= 0.3 is 5.97 Å². The number of aryl methyl sites for hydroxylation is 1. The molecule has 3 rings (SSSR count). The molecule has 27 heavy (non-hydrogen) atoms. The summed E-state index contributed by atoms with van der Waals surface area (Å²) in [4.78, 5) is 39.2. The lowest BCUT2D eigenvalue weighted by atomic mass is 10.1. The summed E-state index contributed by atoms with van der Waals surface area (Å²) in [5.41, 5.74) is 1.89. The van der Waals surface area contributed by atoms with E-state index in [9.17, 15) is 14.4 Å². The predicted octanol–water partition coefficient (Wildman–Crippen LogP) is 3.14. The van der Waals surface area contributed by atoms with Crippen LogP contribution >= 0.6 is 11.3 Å². The fraction of sp³-hybridized carbons (Fsp3) is 0.450. The fourth-order valence-corrected chi connectivity index (χ4v) is 4.74. The van der Waals surface area contributed by atoms with Crippen LogP contribution in [-0.4, -0.2) is 58.4 Å². The van der Waals surface area contributed by atoms with Crippen LogP contribution in [0.2, 0.25) is 0 Å². The summed E-state index contributed by atoms with van der Waals surface area (Å²) >= 11 is 1.58. The van der Waals surface area contributed by atoms with Crippen molar-refractivity contribution in [1.29, 1.82) is 0 Å². The molecule has 2 heterocycles. The Balaban J connectivity index is 1.74. The maximum absolute atomic E-state index is 13.1. The zero-order chi connectivity index (χ0) is 19.6. The zero-order valence-electron chi connectivity index (χ0n) is 15.6. The van der Waals surface area contributed by atoms with Crippen molar-refractivity contribution in [3.63, 3.8) is 0 Å². The maximum Gasteiger partial charge on any atom is 0.323 e. The van der Waals surface area contributed by atoms with E-state index >= 15 is 0 Å². The molecule has 2 amide bonds. The second-order valence-electron chi connectivity index (χ2n) is 7.07. The first-order chi connectivity index (χ1) is 12.9. The van der Waals surface area contributed by atoms with Crippen LogP contribution in [0.15, 0.2) is 23.6 Å². The molecule has 1 unspecified atom stereocenters. The summed E-state index contributed by atoms with van der Waals surface area (Å²) in [6.45, 7) is 4.29. The molecule has 1 aromatic heterocycles. The lowest BCUT2D eigenvalue weighted by Crippen LogP contribution is -2.43. The van der Waals surface area contributed by atoms with Crippen LogP contribution in [0.3, 0.4) is 0 Å². The molecule has 0 spiro atoms. The van der Waals surface area contributed by atoms with Crippen molar-refractivity contribution in [2.75, 3.05) is 19.6 Å². The van der Waals surface area contributed by atoms with Gasteiger partial charge in [0, 0.05) is 41.5 Å². The summed E-state index contributed by atoms with van der Waals surface area (Å²) in [6, 6.07) is 5.96. The van der Waals surface area contributed by atoms with E-state index in [0.717, 1.165) is 22.1 Å². The van der Waals surface area contributed by atoms with Gasteiger partial charge in [-0.05, 0) is 37.8 Å². The molecule has 7 heteroatoms. The number of hydrogen-bond donors (Lipinski definition) is 1. The Morgan fingerprint density at radius 2 is 2.04 bits per heavy atom. The molecule has 2 aromatic rings. The van der Waals surface area contributed by atoms with Crippen molar-refractivity contribution in [1.82, 2.24) is 9.80 Å². The van der Waals surface area contributed by atoms with Crippen molar-refractivity contribution in [2.45, 2.75) is 39.2 Å². The Labute approximate surface area is 162 Å². The molecule has 1 aliphatic heterocycles. The number of carboxylic acid groups (broad SMARTS) is 1. The molecule has 1 atom stereocenters. The van der Waals surface area contributed by atoms with Crippen molar-refractivity contribution >= 4 is 39.2 Å². The van der Waals surface area contributed by atoms with Gasteiger partial charge in [-0.25, -0.2) is 0 Å². The minimum absolute atomic E-state index is 0.0124. The molecule has 1 N–H and O–H groups in total. The van der Waals surface area contributed by atoms with Crippen molar-refractivity contribution < 1.29 is 19.5 Å². The van der Waals surface area contributed by atoms with Crippen LogP contribution in [-0.2, 0) is 9.59 Å². The number of amides is 2. The van der Waals surface area contributed by atoms with E-state index in [2.05, 4.69) is 6.07 Å². The van der Waals surface area contributed by atoms with Gasteiger partial charge in [0.1, 0.15) is 6.54 Å². The highest BCUT2D eigenvalue weighted by molar-refractivity contribution is 7.17. The van der Waals surface area contributed by atoms with Crippen LogP contribution < -0.4 is 0 Å². The fourth-order valence-electron chi connectivity index (χ4n) is 3.71. The van der Waals surface area contributed by atoms with Gasteiger partial charge in [0.05, 0.1) is 5.56 Å². The molecular weight excluding hydrogens is 364 g/mol. The molecule has 0 bridgehead atoms. The van der Waals surface area contributed by atoms with Gasteiger partial charge in [-0.2, -0.15) is 0 Å². The van der Waals surface area contributed by atoms with E-state index in [1.807, 2.05) is 29.3 Å². The minimum atomic E-state index is -1.01. The topological polar surface area (TPSA) is 77.9 Å². The quantitative estimate of drug-likeness (QED) is 0.873. The number of carboxylic acids is 1. The Bertz CT molecular complexity index is 876. The van der Waals surface area contributed by atoms with Crippen LogP contribution in [0.1, 0.15) is 42.1 Å². The average molecular weight is 388 g/mol. The smallest absolute Gasteiger partial charge is 0.323 e. The zero-order valence-corrected chi connectivity index (χ0v) is 16.4. The number of aliphatic carboxylic acids is 1. The first kappa shape index (κ1) is 19.4. The third kappa shape index (κ3) is 4.30. The highest BCUT2D eigenvalue weighted by Gasteiger charge is 2.28. The number of thiophene rings is 1. The lowest BCUT2D eigenvalue weighted by Gasteiger charge is -2.28. The van der Waals surface area contributed by atoms with Crippen LogP contribution in [0.4, 0.5) is 0 Å².